The highest BCUT2D eigenvalue weighted by atomic mass is 79.9. The van der Waals surface area contributed by atoms with E-state index in [9.17, 15) is 9.59 Å². The second kappa shape index (κ2) is 12.3. The summed E-state index contributed by atoms with van der Waals surface area (Å²) in [5.41, 5.74) is 4.06. The average Bonchev–Trinajstić information content (AvgIpc) is 3.27. The molecule has 3 aromatic carbocycles. The second-order valence-corrected chi connectivity index (χ2v) is 11.4. The van der Waals surface area contributed by atoms with Crippen molar-refractivity contribution in [2.24, 2.45) is 4.99 Å². The lowest BCUT2D eigenvalue weighted by Crippen LogP contribution is -2.40. The number of carbonyl (C=O) groups is 1. The first kappa shape index (κ1) is 28.6. The quantitative estimate of drug-likeness (QED) is 0.241. The third-order valence-corrected chi connectivity index (χ3v) is 8.29. The van der Waals surface area contributed by atoms with Gasteiger partial charge in [-0.25, -0.2) is 9.79 Å². The van der Waals surface area contributed by atoms with Crippen molar-refractivity contribution in [2.45, 2.75) is 33.4 Å². The number of nitrogens with zero attached hydrogens (tertiary/aromatic N) is 2. The summed E-state index contributed by atoms with van der Waals surface area (Å²) in [5.74, 6) is 0.822. The van der Waals surface area contributed by atoms with Crippen LogP contribution in [0.2, 0.25) is 0 Å². The van der Waals surface area contributed by atoms with Gasteiger partial charge in [-0.05, 0) is 67.8 Å². The molecule has 9 heteroatoms. The van der Waals surface area contributed by atoms with E-state index in [1.54, 1.807) is 25.5 Å². The average molecular weight is 634 g/mol. The lowest BCUT2D eigenvalue weighted by Gasteiger charge is -2.25. The van der Waals surface area contributed by atoms with Crippen molar-refractivity contribution < 1.29 is 19.0 Å². The van der Waals surface area contributed by atoms with Gasteiger partial charge in [0.25, 0.3) is 5.56 Å². The Morgan fingerprint density at radius 1 is 1.07 bits per heavy atom. The van der Waals surface area contributed by atoms with Crippen LogP contribution in [0.3, 0.4) is 0 Å². The first-order valence-corrected chi connectivity index (χ1v) is 14.7. The van der Waals surface area contributed by atoms with E-state index in [-0.39, 0.29) is 12.2 Å². The molecule has 41 heavy (non-hydrogen) atoms. The minimum absolute atomic E-state index is 0.209. The van der Waals surface area contributed by atoms with Crippen molar-refractivity contribution in [3.05, 3.63) is 124 Å². The first-order chi connectivity index (χ1) is 19.8. The molecule has 7 nitrogen and oxygen atoms in total. The number of rotatable bonds is 8. The summed E-state index contributed by atoms with van der Waals surface area (Å²) in [6.45, 7) is 6.06. The van der Waals surface area contributed by atoms with Crippen LogP contribution in [0.5, 0.6) is 11.5 Å². The standard InChI is InChI=1S/C32H29BrN2O5S/c1-5-39-31(37)28-20(3)34-32-35(29(28)23-13-10-19(2)26(16-23)38-4)30(36)27(41-32)17-22-8-6-7-9-25(22)40-18-21-11-14-24(33)15-12-21/h6-17,29H,5,18H2,1-4H3. The maximum Gasteiger partial charge on any atom is 0.338 e. The molecule has 1 aliphatic heterocycles. The van der Waals surface area contributed by atoms with Gasteiger partial charge in [-0.15, -0.1) is 0 Å². The number of hydrogen-bond donors (Lipinski definition) is 0. The molecule has 2 heterocycles. The fourth-order valence-electron chi connectivity index (χ4n) is 4.73. The van der Waals surface area contributed by atoms with Crippen molar-refractivity contribution >= 4 is 39.3 Å². The van der Waals surface area contributed by atoms with Gasteiger partial charge in [-0.3, -0.25) is 9.36 Å². The summed E-state index contributed by atoms with van der Waals surface area (Å²) >= 11 is 4.73. The van der Waals surface area contributed by atoms with Crippen molar-refractivity contribution in [1.29, 1.82) is 0 Å². The molecular weight excluding hydrogens is 604 g/mol. The molecule has 0 saturated carbocycles. The predicted molar refractivity (Wildman–Crippen MR) is 163 cm³/mol. The van der Waals surface area contributed by atoms with E-state index in [4.69, 9.17) is 14.2 Å². The maximum absolute atomic E-state index is 14.0. The van der Waals surface area contributed by atoms with E-state index in [1.165, 1.54) is 11.3 Å². The zero-order valence-corrected chi connectivity index (χ0v) is 25.5. The number of fused-ring (bicyclic) bond motifs is 1. The van der Waals surface area contributed by atoms with Crippen LogP contribution in [0.15, 0.2) is 92.3 Å². The van der Waals surface area contributed by atoms with E-state index >= 15 is 0 Å². The normalized spacial score (nSPS) is 14.9. The number of hydrogen-bond acceptors (Lipinski definition) is 7. The summed E-state index contributed by atoms with van der Waals surface area (Å²) in [7, 11) is 1.60. The van der Waals surface area contributed by atoms with Crippen molar-refractivity contribution in [2.75, 3.05) is 13.7 Å². The van der Waals surface area contributed by atoms with Crippen LogP contribution >= 0.6 is 27.3 Å². The van der Waals surface area contributed by atoms with Gasteiger partial charge in [0.05, 0.1) is 35.6 Å². The molecule has 0 bridgehead atoms. The Morgan fingerprint density at radius 2 is 1.83 bits per heavy atom. The van der Waals surface area contributed by atoms with Crippen molar-refractivity contribution in [3.8, 4) is 11.5 Å². The number of aryl methyl sites for hydroxylation is 1. The smallest absolute Gasteiger partial charge is 0.338 e. The molecule has 0 radical (unpaired) electrons. The van der Waals surface area contributed by atoms with Gasteiger partial charge >= 0.3 is 5.97 Å². The summed E-state index contributed by atoms with van der Waals surface area (Å²) in [6.07, 6.45) is 1.82. The van der Waals surface area contributed by atoms with E-state index in [1.807, 2.05) is 79.7 Å². The molecule has 1 unspecified atom stereocenters. The molecule has 1 aliphatic rings. The molecule has 1 aromatic heterocycles. The molecule has 1 atom stereocenters. The Labute approximate surface area is 250 Å². The SMILES string of the molecule is CCOC(=O)C1=C(C)N=c2sc(=Cc3ccccc3OCc3ccc(Br)cc3)c(=O)n2C1c1ccc(C)c(OC)c1. The molecule has 0 aliphatic carbocycles. The molecule has 0 N–H and O–H groups in total. The number of thiazole rings is 1. The molecule has 4 aromatic rings. The Morgan fingerprint density at radius 3 is 2.56 bits per heavy atom. The number of esters is 1. The molecule has 210 valence electrons. The Bertz CT molecular complexity index is 1820. The van der Waals surface area contributed by atoms with Gasteiger partial charge in [0.1, 0.15) is 18.1 Å². The fourth-order valence-corrected chi connectivity index (χ4v) is 6.03. The number of halogens is 1. The predicted octanol–water partition coefficient (Wildman–Crippen LogP) is 5.46. The van der Waals surface area contributed by atoms with Crippen LogP contribution < -0.4 is 24.4 Å². The monoisotopic (exact) mass is 632 g/mol. The summed E-state index contributed by atoms with van der Waals surface area (Å²) in [4.78, 5) is 32.4. The minimum atomic E-state index is -0.717. The van der Waals surface area contributed by atoms with Crippen LogP contribution in [-0.4, -0.2) is 24.3 Å². The lowest BCUT2D eigenvalue weighted by molar-refractivity contribution is -0.139. The van der Waals surface area contributed by atoms with Gasteiger partial charge in [0, 0.05) is 10.0 Å². The largest absolute Gasteiger partial charge is 0.496 e. The zero-order chi connectivity index (χ0) is 29.1. The van der Waals surface area contributed by atoms with Crippen LogP contribution in [0.4, 0.5) is 0 Å². The lowest BCUT2D eigenvalue weighted by atomic mass is 9.95. The summed E-state index contributed by atoms with van der Waals surface area (Å²) in [6, 6.07) is 20.5. The van der Waals surface area contributed by atoms with Gasteiger partial charge in [-0.2, -0.15) is 0 Å². The molecular formula is C32H29BrN2O5S. The highest BCUT2D eigenvalue weighted by Crippen LogP contribution is 2.33. The highest BCUT2D eigenvalue weighted by molar-refractivity contribution is 9.10. The van der Waals surface area contributed by atoms with E-state index in [0.29, 0.717) is 38.7 Å². The number of allylic oxidation sites excluding steroid dienone is 1. The van der Waals surface area contributed by atoms with Crippen molar-refractivity contribution in [1.82, 2.24) is 4.57 Å². The number of ether oxygens (including phenoxy) is 3. The van der Waals surface area contributed by atoms with E-state index in [2.05, 4.69) is 20.9 Å². The third kappa shape index (κ3) is 5.92. The summed E-state index contributed by atoms with van der Waals surface area (Å²) < 4.78 is 20.2. The number of aromatic nitrogens is 1. The van der Waals surface area contributed by atoms with Gasteiger partial charge in [0.15, 0.2) is 4.80 Å². The molecule has 5 rings (SSSR count). The van der Waals surface area contributed by atoms with Crippen LogP contribution in [0.1, 0.15) is 42.1 Å². The zero-order valence-electron chi connectivity index (χ0n) is 23.1. The molecule has 0 amide bonds. The fraction of sp³-hybridized carbons (Fsp3) is 0.219. The maximum atomic E-state index is 14.0. The van der Waals surface area contributed by atoms with Gasteiger partial charge in [-0.1, -0.05) is 69.7 Å². The van der Waals surface area contributed by atoms with Crippen LogP contribution in [0.25, 0.3) is 6.08 Å². The van der Waals surface area contributed by atoms with E-state index < -0.39 is 12.0 Å². The topological polar surface area (TPSA) is 79.1 Å². The van der Waals surface area contributed by atoms with Gasteiger partial charge in [0.2, 0.25) is 0 Å². The van der Waals surface area contributed by atoms with Crippen LogP contribution in [-0.2, 0) is 16.1 Å². The van der Waals surface area contributed by atoms with Crippen molar-refractivity contribution in [3.63, 3.8) is 0 Å². The summed E-state index contributed by atoms with van der Waals surface area (Å²) in [5, 5.41) is 0. The minimum Gasteiger partial charge on any atom is -0.496 e. The molecule has 0 saturated heterocycles. The number of carbonyl (C=O) groups excluding carboxylic acids is 1. The first-order valence-electron chi connectivity index (χ1n) is 13.1. The number of para-hydroxylation sites is 1. The van der Waals surface area contributed by atoms with Gasteiger partial charge < -0.3 is 14.2 Å². The Kier molecular flexibility index (Phi) is 8.56. The highest BCUT2D eigenvalue weighted by Gasteiger charge is 2.33. The number of methoxy groups -OCH3 is 1. The molecule has 0 fully saturated rings. The Balaban J connectivity index is 1.61. The van der Waals surface area contributed by atoms with E-state index in [0.717, 1.165) is 26.7 Å². The molecule has 0 spiro atoms. The van der Waals surface area contributed by atoms with Crippen LogP contribution in [0, 0.1) is 6.92 Å². The number of benzene rings is 3. The third-order valence-electron chi connectivity index (χ3n) is 6.78. The second-order valence-electron chi connectivity index (χ2n) is 9.48. The Hall–Kier alpha value is -3.95.